The average Bonchev–Trinajstić information content (AvgIpc) is 3.16. The summed E-state index contributed by atoms with van der Waals surface area (Å²) in [6.45, 7) is 3.07. The summed E-state index contributed by atoms with van der Waals surface area (Å²) in [5.74, 6) is -0.194. The van der Waals surface area contributed by atoms with E-state index in [2.05, 4.69) is 12.2 Å². The van der Waals surface area contributed by atoms with Gasteiger partial charge in [-0.25, -0.2) is 0 Å². The normalized spacial score (nSPS) is 28.9. The van der Waals surface area contributed by atoms with E-state index in [0.29, 0.717) is 6.04 Å². The van der Waals surface area contributed by atoms with Crippen molar-refractivity contribution in [3.8, 4) is 0 Å². The van der Waals surface area contributed by atoms with E-state index < -0.39 is 5.54 Å². The van der Waals surface area contributed by atoms with Crippen molar-refractivity contribution in [3.05, 3.63) is 0 Å². The smallest absolute Gasteiger partial charge is 0.237 e. The molecule has 2 atom stereocenters. The molecule has 1 amide bonds. The van der Waals surface area contributed by atoms with Crippen molar-refractivity contribution in [2.75, 3.05) is 6.61 Å². The molecule has 2 rings (SSSR count). The zero-order valence-electron chi connectivity index (χ0n) is 13.5. The van der Waals surface area contributed by atoms with Gasteiger partial charge >= 0.3 is 0 Å². The Kier molecular flexibility index (Phi) is 6.49. The second-order valence-electron chi connectivity index (χ2n) is 6.87. The SMILES string of the molecule is CCCCCCCCOC1CCC(NC2CC2)(C(N)=O)C1. The van der Waals surface area contributed by atoms with Crippen LogP contribution < -0.4 is 11.1 Å². The zero-order chi connectivity index (χ0) is 15.1. The molecule has 2 aliphatic rings. The Morgan fingerprint density at radius 2 is 1.90 bits per heavy atom. The highest BCUT2D eigenvalue weighted by molar-refractivity contribution is 5.85. The number of carbonyl (C=O) groups is 1. The lowest BCUT2D eigenvalue weighted by Crippen LogP contribution is -2.54. The lowest BCUT2D eigenvalue weighted by Gasteiger charge is -2.27. The molecule has 0 aliphatic heterocycles. The van der Waals surface area contributed by atoms with E-state index in [4.69, 9.17) is 10.5 Å². The summed E-state index contributed by atoms with van der Waals surface area (Å²) < 4.78 is 5.97. The van der Waals surface area contributed by atoms with Gasteiger partial charge in [-0.3, -0.25) is 4.79 Å². The van der Waals surface area contributed by atoms with Crippen molar-refractivity contribution in [1.29, 1.82) is 0 Å². The molecule has 0 bridgehead atoms. The van der Waals surface area contributed by atoms with Crippen LogP contribution in [0.15, 0.2) is 0 Å². The summed E-state index contributed by atoms with van der Waals surface area (Å²) in [6, 6.07) is 0.509. The van der Waals surface area contributed by atoms with Crippen molar-refractivity contribution in [2.24, 2.45) is 5.73 Å². The zero-order valence-corrected chi connectivity index (χ0v) is 13.5. The monoisotopic (exact) mass is 296 g/mol. The Morgan fingerprint density at radius 1 is 1.19 bits per heavy atom. The topological polar surface area (TPSA) is 64.3 Å². The quantitative estimate of drug-likeness (QED) is 0.576. The van der Waals surface area contributed by atoms with Crippen molar-refractivity contribution in [3.63, 3.8) is 0 Å². The minimum Gasteiger partial charge on any atom is -0.378 e. The maximum Gasteiger partial charge on any atom is 0.237 e. The van der Waals surface area contributed by atoms with Gasteiger partial charge in [0.05, 0.1) is 6.10 Å². The van der Waals surface area contributed by atoms with Crippen LogP contribution in [0.4, 0.5) is 0 Å². The molecule has 2 saturated carbocycles. The second-order valence-corrected chi connectivity index (χ2v) is 6.87. The first kappa shape index (κ1) is 16.8. The fourth-order valence-corrected chi connectivity index (χ4v) is 3.32. The number of primary amides is 1. The Hall–Kier alpha value is -0.610. The summed E-state index contributed by atoms with van der Waals surface area (Å²) in [5, 5.41) is 3.47. The molecule has 4 heteroatoms. The standard InChI is InChI=1S/C17H32N2O2/c1-2-3-4-5-6-7-12-21-15-10-11-17(13-15,16(18)20)19-14-8-9-14/h14-15,19H,2-13H2,1H3,(H2,18,20). The number of ether oxygens (including phenoxy) is 1. The van der Waals surface area contributed by atoms with E-state index in [0.717, 1.165) is 32.3 Å². The predicted molar refractivity (Wildman–Crippen MR) is 85.1 cm³/mol. The Morgan fingerprint density at radius 3 is 2.57 bits per heavy atom. The molecular formula is C17H32N2O2. The maximum atomic E-state index is 11.8. The Balaban J connectivity index is 1.61. The third-order valence-corrected chi connectivity index (χ3v) is 4.85. The van der Waals surface area contributed by atoms with Crippen LogP contribution in [-0.4, -0.2) is 30.2 Å². The van der Waals surface area contributed by atoms with Crippen LogP contribution in [-0.2, 0) is 9.53 Å². The molecule has 0 radical (unpaired) electrons. The highest BCUT2D eigenvalue weighted by atomic mass is 16.5. The van der Waals surface area contributed by atoms with E-state index in [1.54, 1.807) is 0 Å². The molecule has 2 aliphatic carbocycles. The minimum atomic E-state index is -0.493. The lowest BCUT2D eigenvalue weighted by molar-refractivity contribution is -0.124. The molecule has 3 N–H and O–H groups in total. The Bertz CT molecular complexity index is 331. The van der Waals surface area contributed by atoms with Gasteiger partial charge in [0.1, 0.15) is 5.54 Å². The van der Waals surface area contributed by atoms with Crippen LogP contribution in [0, 0.1) is 0 Å². The molecule has 21 heavy (non-hydrogen) atoms. The molecule has 0 spiro atoms. The number of carbonyl (C=O) groups excluding carboxylic acids is 1. The third-order valence-electron chi connectivity index (χ3n) is 4.85. The maximum absolute atomic E-state index is 11.8. The van der Waals surface area contributed by atoms with Crippen molar-refractivity contribution >= 4 is 5.91 Å². The minimum absolute atomic E-state index is 0.194. The van der Waals surface area contributed by atoms with Gasteiger partial charge in [0.15, 0.2) is 0 Å². The van der Waals surface area contributed by atoms with E-state index in [1.807, 2.05) is 0 Å². The van der Waals surface area contributed by atoms with Crippen LogP contribution >= 0.6 is 0 Å². The molecule has 0 saturated heterocycles. The van der Waals surface area contributed by atoms with Gasteiger partial charge in [-0.1, -0.05) is 39.0 Å². The van der Waals surface area contributed by atoms with E-state index >= 15 is 0 Å². The molecule has 2 unspecified atom stereocenters. The van der Waals surface area contributed by atoms with E-state index in [-0.39, 0.29) is 12.0 Å². The van der Waals surface area contributed by atoms with Crippen molar-refractivity contribution < 1.29 is 9.53 Å². The predicted octanol–water partition coefficient (Wildman–Crippen LogP) is 2.89. The third kappa shape index (κ3) is 5.26. The number of amides is 1. The van der Waals surface area contributed by atoms with E-state index in [1.165, 1.54) is 44.9 Å². The number of hydrogen-bond acceptors (Lipinski definition) is 3. The fourth-order valence-electron chi connectivity index (χ4n) is 3.32. The van der Waals surface area contributed by atoms with E-state index in [9.17, 15) is 4.79 Å². The summed E-state index contributed by atoms with van der Waals surface area (Å²) in [5.41, 5.74) is 5.14. The molecule has 2 fully saturated rings. The van der Waals surface area contributed by atoms with Crippen LogP contribution in [0.5, 0.6) is 0 Å². The number of unbranched alkanes of at least 4 members (excludes halogenated alkanes) is 5. The highest BCUT2D eigenvalue weighted by Gasteiger charge is 2.47. The number of nitrogens with two attached hydrogens (primary N) is 1. The van der Waals surface area contributed by atoms with Crippen LogP contribution in [0.2, 0.25) is 0 Å². The van der Waals surface area contributed by atoms with Crippen molar-refractivity contribution in [2.45, 2.75) is 95.2 Å². The van der Waals surface area contributed by atoms with Gasteiger partial charge in [0.25, 0.3) is 0 Å². The number of hydrogen-bond donors (Lipinski definition) is 2. The first-order valence-electron chi connectivity index (χ1n) is 8.85. The first-order valence-corrected chi connectivity index (χ1v) is 8.85. The molecule has 122 valence electrons. The van der Waals surface area contributed by atoms with Gasteiger partial charge < -0.3 is 15.8 Å². The summed E-state index contributed by atoms with van der Waals surface area (Å²) in [6.07, 6.45) is 12.8. The molecule has 4 nitrogen and oxygen atoms in total. The Labute approximate surface area is 129 Å². The van der Waals surface area contributed by atoms with Crippen LogP contribution in [0.25, 0.3) is 0 Å². The van der Waals surface area contributed by atoms with Gasteiger partial charge in [-0.2, -0.15) is 0 Å². The summed E-state index contributed by atoms with van der Waals surface area (Å²) in [4.78, 5) is 11.8. The molecule has 0 aromatic carbocycles. The fraction of sp³-hybridized carbons (Fsp3) is 0.941. The van der Waals surface area contributed by atoms with Crippen LogP contribution in [0.3, 0.4) is 0 Å². The average molecular weight is 296 g/mol. The van der Waals surface area contributed by atoms with Gasteiger partial charge in [0.2, 0.25) is 5.91 Å². The summed E-state index contributed by atoms with van der Waals surface area (Å²) in [7, 11) is 0. The second kappa shape index (κ2) is 8.14. The number of rotatable bonds is 11. The largest absolute Gasteiger partial charge is 0.378 e. The molecular weight excluding hydrogens is 264 g/mol. The highest BCUT2D eigenvalue weighted by Crippen LogP contribution is 2.35. The molecule has 0 heterocycles. The molecule has 0 aromatic heterocycles. The lowest BCUT2D eigenvalue weighted by atomic mass is 9.96. The first-order chi connectivity index (χ1) is 10.2. The van der Waals surface area contributed by atoms with Gasteiger partial charge in [-0.15, -0.1) is 0 Å². The van der Waals surface area contributed by atoms with Gasteiger partial charge in [0, 0.05) is 19.1 Å². The van der Waals surface area contributed by atoms with Gasteiger partial charge in [-0.05, 0) is 32.1 Å². The van der Waals surface area contributed by atoms with Crippen molar-refractivity contribution in [1.82, 2.24) is 5.32 Å². The van der Waals surface area contributed by atoms with Crippen LogP contribution in [0.1, 0.15) is 77.6 Å². The summed E-state index contributed by atoms with van der Waals surface area (Å²) >= 11 is 0. The molecule has 0 aromatic rings. The number of nitrogens with one attached hydrogen (secondary N) is 1.